The van der Waals surface area contributed by atoms with Gasteiger partial charge in [-0.2, -0.15) is 0 Å². The fourth-order valence-electron chi connectivity index (χ4n) is 2.61. The van der Waals surface area contributed by atoms with Gasteiger partial charge in [-0.15, -0.1) is 10.2 Å². The number of nitrogens with one attached hydrogen (secondary N) is 1. The molecule has 6 heteroatoms. The third kappa shape index (κ3) is 2.53. The molecule has 0 radical (unpaired) electrons. The van der Waals surface area contributed by atoms with Crippen LogP contribution in [0.2, 0.25) is 0 Å². The highest BCUT2D eigenvalue weighted by Crippen LogP contribution is 2.31. The van der Waals surface area contributed by atoms with Crippen LogP contribution in [-0.2, 0) is 0 Å². The van der Waals surface area contributed by atoms with E-state index in [1.165, 1.54) is 0 Å². The van der Waals surface area contributed by atoms with Crippen molar-refractivity contribution in [3.8, 4) is 0 Å². The molecule has 6 nitrogen and oxygen atoms in total. The minimum Gasteiger partial charge on any atom is -0.388 e. The maximum Gasteiger partial charge on any atom is 0.203 e. The number of fused-ring (bicyclic) bond motifs is 1. The molecule has 0 amide bonds. The second-order valence-electron chi connectivity index (χ2n) is 5.60. The fourth-order valence-corrected chi connectivity index (χ4v) is 2.61. The Hall–Kier alpha value is -1.69. The van der Waals surface area contributed by atoms with Gasteiger partial charge in [-0.25, -0.2) is 4.98 Å². The van der Waals surface area contributed by atoms with Gasteiger partial charge in [0.15, 0.2) is 5.82 Å². The van der Waals surface area contributed by atoms with Crippen molar-refractivity contribution in [3.05, 3.63) is 18.7 Å². The van der Waals surface area contributed by atoms with Crippen molar-refractivity contribution in [3.63, 3.8) is 0 Å². The quantitative estimate of drug-likeness (QED) is 0.875. The van der Waals surface area contributed by atoms with Crippen molar-refractivity contribution in [1.29, 1.82) is 0 Å². The van der Waals surface area contributed by atoms with E-state index in [9.17, 15) is 5.11 Å². The van der Waals surface area contributed by atoms with Gasteiger partial charge in [0.1, 0.15) is 6.33 Å². The first-order valence-electron chi connectivity index (χ1n) is 6.77. The summed E-state index contributed by atoms with van der Waals surface area (Å²) >= 11 is 0. The lowest BCUT2D eigenvalue weighted by Gasteiger charge is -2.35. The molecule has 1 aliphatic carbocycles. The molecule has 1 fully saturated rings. The summed E-state index contributed by atoms with van der Waals surface area (Å²) in [6.07, 6.45) is 9.00. The van der Waals surface area contributed by atoms with E-state index in [1.807, 2.05) is 4.40 Å². The smallest absolute Gasteiger partial charge is 0.203 e. The summed E-state index contributed by atoms with van der Waals surface area (Å²) < 4.78 is 1.81. The summed E-state index contributed by atoms with van der Waals surface area (Å²) in [5.41, 5.74) is 0.0661. The summed E-state index contributed by atoms with van der Waals surface area (Å²) in [7, 11) is 0. The van der Waals surface area contributed by atoms with E-state index < -0.39 is 5.60 Å². The van der Waals surface area contributed by atoms with Crippen LogP contribution in [0.1, 0.15) is 32.6 Å². The van der Waals surface area contributed by atoms with E-state index in [2.05, 4.69) is 27.4 Å². The van der Waals surface area contributed by atoms with Crippen LogP contribution in [0, 0.1) is 5.92 Å². The molecule has 1 aliphatic rings. The third-order valence-electron chi connectivity index (χ3n) is 4.01. The van der Waals surface area contributed by atoms with E-state index in [-0.39, 0.29) is 0 Å². The Morgan fingerprint density at radius 2 is 2.26 bits per heavy atom. The SMILES string of the molecule is CC1CCC(O)(CNc2nccn3cnnc23)CC1. The predicted octanol–water partition coefficient (Wildman–Crippen LogP) is 1.48. The van der Waals surface area contributed by atoms with Gasteiger partial charge < -0.3 is 10.4 Å². The van der Waals surface area contributed by atoms with E-state index in [0.717, 1.165) is 31.6 Å². The number of hydrogen-bond acceptors (Lipinski definition) is 5. The Kier molecular flexibility index (Phi) is 3.10. The molecule has 19 heavy (non-hydrogen) atoms. The van der Waals surface area contributed by atoms with E-state index >= 15 is 0 Å². The van der Waals surface area contributed by atoms with Crippen molar-refractivity contribution in [2.24, 2.45) is 5.92 Å². The first-order chi connectivity index (χ1) is 9.16. The maximum atomic E-state index is 10.5. The molecule has 0 bridgehead atoms. The molecule has 3 rings (SSSR count). The number of hydrogen-bond donors (Lipinski definition) is 2. The first-order valence-corrected chi connectivity index (χ1v) is 6.77. The summed E-state index contributed by atoms with van der Waals surface area (Å²) in [5.74, 6) is 1.39. The van der Waals surface area contributed by atoms with Gasteiger partial charge in [0.2, 0.25) is 5.65 Å². The molecule has 0 aliphatic heterocycles. The molecule has 2 aromatic rings. The molecule has 0 spiro atoms. The standard InChI is InChI=1S/C13H19N5O/c1-10-2-4-13(19,5-3-10)8-15-11-12-17-16-9-18(12)7-6-14-11/h6-7,9-10,19H,2-5,8H2,1H3,(H,14,15). The van der Waals surface area contributed by atoms with Crippen molar-refractivity contribution >= 4 is 11.5 Å². The predicted molar refractivity (Wildman–Crippen MR) is 71.9 cm³/mol. The lowest BCUT2D eigenvalue weighted by molar-refractivity contribution is 0.00496. The number of nitrogens with zero attached hydrogens (tertiary/aromatic N) is 4. The summed E-state index contributed by atoms with van der Waals surface area (Å²) in [4.78, 5) is 4.26. The highest BCUT2D eigenvalue weighted by atomic mass is 16.3. The minimum atomic E-state index is -0.624. The van der Waals surface area contributed by atoms with Crippen LogP contribution in [0.25, 0.3) is 5.65 Å². The Labute approximate surface area is 111 Å². The van der Waals surface area contributed by atoms with Crippen LogP contribution >= 0.6 is 0 Å². The highest BCUT2D eigenvalue weighted by molar-refractivity contribution is 5.61. The number of anilines is 1. The summed E-state index contributed by atoms with van der Waals surface area (Å²) in [5, 5.41) is 21.6. The zero-order valence-corrected chi connectivity index (χ0v) is 11.1. The van der Waals surface area contributed by atoms with Crippen LogP contribution in [-0.4, -0.2) is 36.8 Å². The Morgan fingerprint density at radius 1 is 1.47 bits per heavy atom. The van der Waals surface area contributed by atoms with Crippen LogP contribution in [0.5, 0.6) is 0 Å². The van der Waals surface area contributed by atoms with Crippen LogP contribution < -0.4 is 5.32 Å². The molecule has 2 heterocycles. The van der Waals surface area contributed by atoms with Crippen molar-refractivity contribution < 1.29 is 5.11 Å². The molecule has 2 N–H and O–H groups in total. The number of rotatable bonds is 3. The van der Waals surface area contributed by atoms with Gasteiger partial charge in [0.05, 0.1) is 5.60 Å². The topological polar surface area (TPSA) is 75.3 Å². The second-order valence-corrected chi connectivity index (χ2v) is 5.60. The van der Waals surface area contributed by atoms with Gasteiger partial charge in [-0.3, -0.25) is 4.40 Å². The van der Waals surface area contributed by atoms with Crippen molar-refractivity contribution in [1.82, 2.24) is 19.6 Å². The lowest BCUT2D eigenvalue weighted by atomic mass is 9.79. The van der Waals surface area contributed by atoms with Gasteiger partial charge >= 0.3 is 0 Å². The fraction of sp³-hybridized carbons (Fsp3) is 0.615. The Balaban J connectivity index is 1.70. The maximum absolute atomic E-state index is 10.5. The van der Waals surface area contributed by atoms with Crippen molar-refractivity contribution in [2.75, 3.05) is 11.9 Å². The van der Waals surface area contributed by atoms with Gasteiger partial charge in [-0.1, -0.05) is 6.92 Å². The lowest BCUT2D eigenvalue weighted by Crippen LogP contribution is -2.40. The normalized spacial score (nSPS) is 27.6. The second kappa shape index (κ2) is 4.77. The molecule has 0 aromatic carbocycles. The molecule has 0 unspecified atom stereocenters. The molecule has 102 valence electrons. The first kappa shape index (κ1) is 12.3. The summed E-state index contributed by atoms with van der Waals surface area (Å²) in [6.45, 7) is 2.75. The molecule has 0 saturated heterocycles. The third-order valence-corrected chi connectivity index (χ3v) is 4.01. The zero-order chi connectivity index (χ0) is 13.3. The van der Waals surface area contributed by atoms with E-state index in [1.54, 1.807) is 18.7 Å². The van der Waals surface area contributed by atoms with Gasteiger partial charge in [0, 0.05) is 18.9 Å². The van der Waals surface area contributed by atoms with Crippen molar-refractivity contribution in [2.45, 2.75) is 38.2 Å². The number of aliphatic hydroxyl groups is 1. The van der Waals surface area contributed by atoms with Crippen LogP contribution in [0.15, 0.2) is 18.7 Å². The van der Waals surface area contributed by atoms with E-state index in [0.29, 0.717) is 18.0 Å². The van der Waals surface area contributed by atoms with E-state index in [4.69, 9.17) is 0 Å². The Bertz CT molecular complexity index is 559. The molecule has 2 aromatic heterocycles. The van der Waals surface area contributed by atoms with Gasteiger partial charge in [-0.05, 0) is 31.6 Å². The average molecular weight is 261 g/mol. The van der Waals surface area contributed by atoms with Gasteiger partial charge in [0.25, 0.3) is 0 Å². The summed E-state index contributed by atoms with van der Waals surface area (Å²) in [6, 6.07) is 0. The zero-order valence-electron chi connectivity index (χ0n) is 11.1. The largest absolute Gasteiger partial charge is 0.388 e. The number of aromatic nitrogens is 4. The molecule has 1 saturated carbocycles. The average Bonchev–Trinajstić information content (AvgIpc) is 2.89. The molecular weight excluding hydrogens is 242 g/mol. The minimum absolute atomic E-state index is 0.513. The monoisotopic (exact) mass is 261 g/mol. The Morgan fingerprint density at radius 3 is 3.05 bits per heavy atom. The van der Waals surface area contributed by atoms with Crippen LogP contribution in [0.3, 0.4) is 0 Å². The van der Waals surface area contributed by atoms with Crippen LogP contribution in [0.4, 0.5) is 5.82 Å². The molecular formula is C13H19N5O. The molecule has 0 atom stereocenters. The highest BCUT2D eigenvalue weighted by Gasteiger charge is 2.31.